The fourth-order valence-electron chi connectivity index (χ4n) is 3.38. The lowest BCUT2D eigenvalue weighted by molar-refractivity contribution is 0.0703. The van der Waals surface area contributed by atoms with E-state index in [4.69, 9.17) is 13.6 Å². The van der Waals surface area contributed by atoms with E-state index >= 15 is 0 Å². The van der Waals surface area contributed by atoms with Crippen LogP contribution in [0.4, 0.5) is 0 Å². The number of benzene rings is 3. The van der Waals surface area contributed by atoms with Crippen molar-refractivity contribution in [1.82, 2.24) is 0 Å². The summed E-state index contributed by atoms with van der Waals surface area (Å²) in [6.45, 7) is 1.81. The predicted molar refractivity (Wildman–Crippen MR) is 119 cm³/mol. The summed E-state index contributed by atoms with van der Waals surface area (Å²) in [6.07, 6.45) is 0. The Bertz CT molecular complexity index is 1480. The van der Waals surface area contributed by atoms with Crippen molar-refractivity contribution >= 4 is 54.5 Å². The highest BCUT2D eigenvalue weighted by Gasteiger charge is 2.21. The van der Waals surface area contributed by atoms with Gasteiger partial charge in [-0.15, -0.1) is 0 Å². The quantitative estimate of drug-likeness (QED) is 0.216. The van der Waals surface area contributed by atoms with Crippen LogP contribution in [0.3, 0.4) is 0 Å². The van der Waals surface area contributed by atoms with Crippen molar-refractivity contribution in [3.8, 4) is 16.9 Å². The van der Waals surface area contributed by atoms with Gasteiger partial charge in [-0.3, -0.25) is 0 Å². The maximum absolute atomic E-state index is 12.9. The summed E-state index contributed by atoms with van der Waals surface area (Å²) in [5.41, 5.74) is 3.32. The maximum atomic E-state index is 12.9. The van der Waals surface area contributed by atoms with Crippen molar-refractivity contribution in [2.75, 3.05) is 0 Å². The molecule has 0 saturated carbocycles. The molecule has 5 nitrogen and oxygen atoms in total. The standard InChI is InChI=1S/C23H13BrO5S/c1-12-16-9-14(24)7-8-18(16)28-20(12)22(25)27-15-10-17(13-5-3-2-4-6-13)21-19(11-15)30-23(26)29-21/h2-11H,1H3. The second-order valence-corrected chi connectivity index (χ2v) is 8.60. The Morgan fingerprint density at radius 1 is 1.03 bits per heavy atom. The highest BCUT2D eigenvalue weighted by Crippen LogP contribution is 2.35. The first-order chi connectivity index (χ1) is 14.5. The Kier molecular flexibility index (Phi) is 4.56. The molecular weight excluding hydrogens is 468 g/mol. The van der Waals surface area contributed by atoms with E-state index in [1.807, 2.05) is 49.4 Å². The van der Waals surface area contributed by atoms with E-state index in [1.165, 1.54) is 0 Å². The molecule has 7 heteroatoms. The second-order valence-electron chi connectivity index (χ2n) is 6.70. The van der Waals surface area contributed by atoms with Crippen LogP contribution < -0.4 is 9.68 Å². The third kappa shape index (κ3) is 3.26. The average molecular weight is 481 g/mol. The molecule has 5 aromatic rings. The zero-order valence-corrected chi connectivity index (χ0v) is 18.0. The van der Waals surface area contributed by atoms with Crippen LogP contribution in [0.5, 0.6) is 5.75 Å². The van der Waals surface area contributed by atoms with Crippen molar-refractivity contribution in [2.45, 2.75) is 6.92 Å². The van der Waals surface area contributed by atoms with Crippen LogP contribution in [0.1, 0.15) is 16.1 Å². The number of aryl methyl sites for hydroxylation is 1. The Hall–Kier alpha value is -3.16. The smallest absolute Gasteiger partial charge is 0.396 e. The van der Waals surface area contributed by atoms with E-state index in [0.717, 1.165) is 26.8 Å². The van der Waals surface area contributed by atoms with Gasteiger partial charge >= 0.3 is 10.9 Å². The molecule has 0 N–H and O–H groups in total. The number of hydrogen-bond acceptors (Lipinski definition) is 6. The minimum atomic E-state index is -0.603. The number of hydrogen-bond donors (Lipinski definition) is 0. The number of fused-ring (bicyclic) bond motifs is 2. The molecular formula is C23H13BrO5S. The summed E-state index contributed by atoms with van der Waals surface area (Å²) >= 11 is 4.40. The predicted octanol–water partition coefficient (Wildman–Crippen LogP) is 6.56. The summed E-state index contributed by atoms with van der Waals surface area (Å²) in [5, 5.41) is 0.838. The van der Waals surface area contributed by atoms with Crippen LogP contribution in [0.15, 0.2) is 78.8 Å². The number of carbonyl (C=O) groups is 1. The number of carbonyl (C=O) groups excluding carboxylic acids is 1. The van der Waals surface area contributed by atoms with Crippen LogP contribution in [0, 0.1) is 6.92 Å². The molecule has 0 spiro atoms. The number of furan rings is 1. The number of esters is 1. The average Bonchev–Trinajstić information content (AvgIpc) is 3.27. The molecule has 0 aliphatic carbocycles. The first-order valence-corrected chi connectivity index (χ1v) is 10.6. The molecule has 2 heterocycles. The zero-order chi connectivity index (χ0) is 20.8. The molecule has 0 aliphatic rings. The summed E-state index contributed by atoms with van der Waals surface area (Å²) in [7, 11) is 0. The lowest BCUT2D eigenvalue weighted by atomic mass is 10.0. The zero-order valence-electron chi connectivity index (χ0n) is 15.6. The van der Waals surface area contributed by atoms with E-state index in [2.05, 4.69) is 15.9 Å². The second kappa shape index (κ2) is 7.27. The molecule has 0 saturated heterocycles. The molecule has 3 aromatic carbocycles. The molecule has 0 radical (unpaired) electrons. The minimum absolute atomic E-state index is 0.143. The highest BCUT2D eigenvalue weighted by atomic mass is 79.9. The molecule has 5 rings (SSSR count). The largest absolute Gasteiger partial charge is 0.449 e. The van der Waals surface area contributed by atoms with Gasteiger partial charge < -0.3 is 13.6 Å². The first-order valence-electron chi connectivity index (χ1n) is 9.03. The van der Waals surface area contributed by atoms with Crippen molar-refractivity contribution < 1.29 is 18.4 Å². The molecule has 0 amide bonds. The van der Waals surface area contributed by atoms with Gasteiger partial charge in [-0.05, 0) is 36.8 Å². The lowest BCUT2D eigenvalue weighted by Gasteiger charge is -2.07. The highest BCUT2D eigenvalue weighted by molar-refractivity contribution is 9.10. The van der Waals surface area contributed by atoms with Crippen LogP contribution in [-0.2, 0) is 0 Å². The minimum Gasteiger partial charge on any atom is -0.449 e. The van der Waals surface area contributed by atoms with Gasteiger partial charge in [-0.1, -0.05) is 57.6 Å². The molecule has 148 valence electrons. The van der Waals surface area contributed by atoms with E-state index in [-0.39, 0.29) is 5.76 Å². The normalized spacial score (nSPS) is 11.3. The fourth-order valence-corrected chi connectivity index (χ4v) is 4.47. The van der Waals surface area contributed by atoms with Crippen molar-refractivity contribution in [3.63, 3.8) is 0 Å². The van der Waals surface area contributed by atoms with Crippen molar-refractivity contribution in [2.24, 2.45) is 0 Å². The molecule has 30 heavy (non-hydrogen) atoms. The topological polar surface area (TPSA) is 69.7 Å². The number of halogens is 1. The van der Waals surface area contributed by atoms with Gasteiger partial charge in [0.05, 0.1) is 4.70 Å². The van der Waals surface area contributed by atoms with Gasteiger partial charge in [0.2, 0.25) is 5.76 Å². The Morgan fingerprint density at radius 3 is 2.63 bits per heavy atom. The summed E-state index contributed by atoms with van der Waals surface area (Å²) in [6, 6.07) is 18.3. The SMILES string of the molecule is Cc1c(C(=O)Oc2cc(-c3ccccc3)c3oc(=O)sc3c2)oc2ccc(Br)cc12. The summed E-state index contributed by atoms with van der Waals surface area (Å²) in [4.78, 5) is 24.3. The van der Waals surface area contributed by atoms with Crippen LogP contribution in [0.2, 0.25) is 0 Å². The van der Waals surface area contributed by atoms with Gasteiger partial charge in [-0.2, -0.15) is 0 Å². The Balaban J connectivity index is 1.58. The summed E-state index contributed by atoms with van der Waals surface area (Å²) in [5.74, 6) is -0.150. The maximum Gasteiger partial charge on any atom is 0.396 e. The molecule has 0 bridgehead atoms. The van der Waals surface area contributed by atoms with Gasteiger partial charge in [0, 0.05) is 27.1 Å². The van der Waals surface area contributed by atoms with Gasteiger partial charge in [0.15, 0.2) is 5.58 Å². The van der Waals surface area contributed by atoms with Crippen LogP contribution >= 0.6 is 27.3 Å². The van der Waals surface area contributed by atoms with Gasteiger partial charge in [0.25, 0.3) is 0 Å². The van der Waals surface area contributed by atoms with E-state index in [9.17, 15) is 9.59 Å². The third-order valence-corrected chi connectivity index (χ3v) is 6.05. The lowest BCUT2D eigenvalue weighted by Crippen LogP contribution is -2.08. The third-order valence-electron chi connectivity index (χ3n) is 4.79. The molecule has 0 fully saturated rings. The van der Waals surface area contributed by atoms with E-state index < -0.39 is 10.9 Å². The fraction of sp³-hybridized carbons (Fsp3) is 0.0435. The Labute approximate surface area is 182 Å². The molecule has 0 atom stereocenters. The van der Waals surface area contributed by atoms with Crippen molar-refractivity contribution in [3.05, 3.63) is 86.2 Å². The number of ether oxygens (including phenoxy) is 1. The van der Waals surface area contributed by atoms with Gasteiger partial charge in [0.1, 0.15) is 11.3 Å². The van der Waals surface area contributed by atoms with Crippen LogP contribution in [0.25, 0.3) is 32.4 Å². The molecule has 2 aromatic heterocycles. The van der Waals surface area contributed by atoms with Gasteiger partial charge in [-0.25, -0.2) is 9.59 Å². The number of rotatable bonds is 3. The first kappa shape index (κ1) is 18.8. The molecule has 0 unspecified atom stereocenters. The van der Waals surface area contributed by atoms with E-state index in [1.54, 1.807) is 18.2 Å². The van der Waals surface area contributed by atoms with Crippen molar-refractivity contribution in [1.29, 1.82) is 0 Å². The van der Waals surface area contributed by atoms with E-state index in [0.29, 0.717) is 32.7 Å². The summed E-state index contributed by atoms with van der Waals surface area (Å²) < 4.78 is 18.2. The monoisotopic (exact) mass is 480 g/mol. The molecule has 0 aliphatic heterocycles. The van der Waals surface area contributed by atoms with Crippen LogP contribution in [-0.4, -0.2) is 5.97 Å². The Morgan fingerprint density at radius 2 is 1.83 bits per heavy atom.